The standard InChI is InChI=1S/C26H28N2O4/c1-15(12-24(30)28-19-9-7-8-18(13-19)27-17(3)29)21-14-22-20-10-5-6-11-23(20)32-26(22)16(2)25(21)31-4/h7-9,12-14H,5-6,10-11H2,1-4H3,(H,27,29)(H,28,30)/b15-12+. The van der Waals surface area contributed by atoms with Crippen molar-refractivity contribution >= 4 is 39.7 Å². The Kier molecular flexibility index (Phi) is 6.04. The number of aryl methyl sites for hydroxylation is 3. The van der Waals surface area contributed by atoms with E-state index in [0.717, 1.165) is 64.9 Å². The van der Waals surface area contributed by atoms with E-state index in [9.17, 15) is 9.59 Å². The minimum Gasteiger partial charge on any atom is -0.496 e. The van der Waals surface area contributed by atoms with Gasteiger partial charge in [-0.3, -0.25) is 9.59 Å². The number of allylic oxidation sites excluding steroid dienone is 1. The second-order valence-electron chi connectivity index (χ2n) is 8.25. The third-order valence-electron chi connectivity index (χ3n) is 5.85. The lowest BCUT2D eigenvalue weighted by Gasteiger charge is -2.14. The third-order valence-corrected chi connectivity index (χ3v) is 5.85. The summed E-state index contributed by atoms with van der Waals surface area (Å²) in [7, 11) is 1.64. The molecule has 3 aromatic rings. The summed E-state index contributed by atoms with van der Waals surface area (Å²) >= 11 is 0. The summed E-state index contributed by atoms with van der Waals surface area (Å²) in [5.41, 5.74) is 6.03. The molecule has 0 saturated heterocycles. The number of hydrogen-bond acceptors (Lipinski definition) is 4. The molecular weight excluding hydrogens is 404 g/mol. The van der Waals surface area contributed by atoms with Crippen LogP contribution >= 0.6 is 0 Å². The van der Waals surface area contributed by atoms with Gasteiger partial charge in [0.1, 0.15) is 17.1 Å². The predicted molar refractivity (Wildman–Crippen MR) is 127 cm³/mol. The number of carbonyl (C=O) groups excluding carboxylic acids is 2. The Morgan fingerprint density at radius 1 is 1.06 bits per heavy atom. The van der Waals surface area contributed by atoms with Crippen molar-refractivity contribution in [2.45, 2.75) is 46.5 Å². The van der Waals surface area contributed by atoms with Gasteiger partial charge in [-0.15, -0.1) is 0 Å². The number of amides is 2. The fourth-order valence-corrected chi connectivity index (χ4v) is 4.42. The molecule has 2 aromatic carbocycles. The van der Waals surface area contributed by atoms with E-state index in [1.54, 1.807) is 37.5 Å². The van der Waals surface area contributed by atoms with Crippen molar-refractivity contribution in [1.82, 2.24) is 0 Å². The molecule has 0 atom stereocenters. The first kappa shape index (κ1) is 21.7. The molecule has 0 bridgehead atoms. The van der Waals surface area contributed by atoms with Gasteiger partial charge < -0.3 is 19.8 Å². The zero-order chi connectivity index (χ0) is 22.8. The quantitative estimate of drug-likeness (QED) is 0.512. The number of carbonyl (C=O) groups is 2. The minimum absolute atomic E-state index is 0.163. The molecule has 1 aliphatic carbocycles. The lowest BCUT2D eigenvalue weighted by Crippen LogP contribution is -2.10. The number of fused-ring (bicyclic) bond motifs is 3. The Bertz CT molecular complexity index is 1240. The molecule has 1 aliphatic rings. The molecule has 0 unspecified atom stereocenters. The Balaban J connectivity index is 1.66. The Labute approximate surface area is 187 Å². The zero-order valence-corrected chi connectivity index (χ0v) is 18.9. The van der Waals surface area contributed by atoms with Crippen LogP contribution in [0.5, 0.6) is 5.75 Å². The maximum Gasteiger partial charge on any atom is 0.248 e. The van der Waals surface area contributed by atoms with Gasteiger partial charge in [-0.25, -0.2) is 0 Å². The van der Waals surface area contributed by atoms with Crippen molar-refractivity contribution in [3.63, 3.8) is 0 Å². The number of nitrogens with one attached hydrogen (secondary N) is 2. The Morgan fingerprint density at radius 3 is 2.50 bits per heavy atom. The first-order valence-electron chi connectivity index (χ1n) is 10.9. The molecule has 4 rings (SSSR count). The van der Waals surface area contributed by atoms with Gasteiger partial charge in [0, 0.05) is 52.9 Å². The summed E-state index contributed by atoms with van der Waals surface area (Å²) < 4.78 is 11.9. The van der Waals surface area contributed by atoms with E-state index >= 15 is 0 Å². The Morgan fingerprint density at radius 2 is 1.78 bits per heavy atom. The van der Waals surface area contributed by atoms with Crippen LogP contribution in [0.3, 0.4) is 0 Å². The monoisotopic (exact) mass is 432 g/mol. The van der Waals surface area contributed by atoms with Crippen molar-refractivity contribution in [1.29, 1.82) is 0 Å². The Hall–Kier alpha value is -3.54. The molecular formula is C26H28N2O4. The molecule has 32 heavy (non-hydrogen) atoms. The van der Waals surface area contributed by atoms with Gasteiger partial charge in [0.2, 0.25) is 11.8 Å². The van der Waals surface area contributed by atoms with Gasteiger partial charge in [0.05, 0.1) is 7.11 Å². The van der Waals surface area contributed by atoms with E-state index in [-0.39, 0.29) is 11.8 Å². The van der Waals surface area contributed by atoms with Gasteiger partial charge in [-0.05, 0) is 62.9 Å². The molecule has 1 heterocycles. The number of benzene rings is 2. The number of rotatable bonds is 5. The second kappa shape index (κ2) is 8.91. The predicted octanol–water partition coefficient (Wildman–Crippen LogP) is 5.63. The molecule has 6 heteroatoms. The fraction of sp³-hybridized carbons (Fsp3) is 0.308. The van der Waals surface area contributed by atoms with E-state index in [4.69, 9.17) is 9.15 Å². The summed E-state index contributed by atoms with van der Waals surface area (Å²) in [6, 6.07) is 9.13. The summed E-state index contributed by atoms with van der Waals surface area (Å²) in [6.07, 6.45) is 5.87. The van der Waals surface area contributed by atoms with Crippen molar-refractivity contribution < 1.29 is 18.7 Å². The first-order valence-corrected chi connectivity index (χ1v) is 10.9. The molecule has 6 nitrogen and oxygen atoms in total. The van der Waals surface area contributed by atoms with Crippen molar-refractivity contribution in [3.05, 3.63) is 58.9 Å². The van der Waals surface area contributed by atoms with Crippen LogP contribution in [-0.4, -0.2) is 18.9 Å². The third kappa shape index (κ3) is 4.26. The van der Waals surface area contributed by atoms with E-state index in [1.165, 1.54) is 12.5 Å². The average molecular weight is 433 g/mol. The smallest absolute Gasteiger partial charge is 0.248 e. The summed E-state index contributed by atoms with van der Waals surface area (Å²) in [4.78, 5) is 24.0. The highest BCUT2D eigenvalue weighted by molar-refractivity contribution is 6.05. The highest BCUT2D eigenvalue weighted by Gasteiger charge is 2.23. The molecule has 2 amide bonds. The molecule has 0 aliphatic heterocycles. The number of methoxy groups -OCH3 is 1. The molecule has 0 spiro atoms. The topological polar surface area (TPSA) is 80.6 Å². The summed E-state index contributed by atoms with van der Waals surface area (Å²) in [5, 5.41) is 6.69. The number of anilines is 2. The van der Waals surface area contributed by atoms with Crippen LogP contribution in [-0.2, 0) is 22.4 Å². The SMILES string of the molecule is COc1c(/C(C)=C/C(=O)Nc2cccc(NC(C)=O)c2)cc2c3c(oc2c1C)CCCC3. The maximum absolute atomic E-state index is 12.7. The van der Waals surface area contributed by atoms with Crippen molar-refractivity contribution in [3.8, 4) is 5.75 Å². The van der Waals surface area contributed by atoms with E-state index in [0.29, 0.717) is 11.4 Å². The normalized spacial score (nSPS) is 13.6. The average Bonchev–Trinajstić information content (AvgIpc) is 3.12. The molecule has 166 valence electrons. The van der Waals surface area contributed by atoms with Crippen molar-refractivity contribution in [2.75, 3.05) is 17.7 Å². The summed E-state index contributed by atoms with van der Waals surface area (Å²) in [6.45, 7) is 5.35. The first-order chi connectivity index (χ1) is 15.4. The van der Waals surface area contributed by atoms with Gasteiger partial charge in [0.15, 0.2) is 0 Å². The lowest BCUT2D eigenvalue weighted by atomic mass is 9.93. The molecule has 2 N–H and O–H groups in total. The minimum atomic E-state index is -0.253. The highest BCUT2D eigenvalue weighted by atomic mass is 16.5. The van der Waals surface area contributed by atoms with E-state index in [2.05, 4.69) is 16.7 Å². The number of furan rings is 1. The van der Waals surface area contributed by atoms with Gasteiger partial charge >= 0.3 is 0 Å². The van der Waals surface area contributed by atoms with Crippen LogP contribution in [0, 0.1) is 6.92 Å². The van der Waals surface area contributed by atoms with Crippen LogP contribution in [0.1, 0.15) is 49.1 Å². The summed E-state index contributed by atoms with van der Waals surface area (Å²) in [5.74, 6) is 1.38. The van der Waals surface area contributed by atoms with E-state index < -0.39 is 0 Å². The van der Waals surface area contributed by atoms with Crippen molar-refractivity contribution in [2.24, 2.45) is 0 Å². The molecule has 0 fully saturated rings. The van der Waals surface area contributed by atoms with Crippen LogP contribution < -0.4 is 15.4 Å². The second-order valence-corrected chi connectivity index (χ2v) is 8.25. The number of ether oxygens (including phenoxy) is 1. The van der Waals surface area contributed by atoms with Gasteiger partial charge in [0.25, 0.3) is 0 Å². The van der Waals surface area contributed by atoms with Gasteiger partial charge in [-0.2, -0.15) is 0 Å². The largest absolute Gasteiger partial charge is 0.496 e. The highest BCUT2D eigenvalue weighted by Crippen LogP contribution is 2.41. The van der Waals surface area contributed by atoms with Gasteiger partial charge in [-0.1, -0.05) is 6.07 Å². The fourth-order valence-electron chi connectivity index (χ4n) is 4.42. The molecule has 1 aromatic heterocycles. The van der Waals surface area contributed by atoms with Crippen LogP contribution in [0.2, 0.25) is 0 Å². The number of hydrogen-bond donors (Lipinski definition) is 2. The maximum atomic E-state index is 12.7. The van der Waals surface area contributed by atoms with Crippen LogP contribution in [0.4, 0.5) is 11.4 Å². The molecule has 0 saturated carbocycles. The lowest BCUT2D eigenvalue weighted by molar-refractivity contribution is -0.114. The van der Waals surface area contributed by atoms with Crippen LogP contribution in [0.15, 0.2) is 40.8 Å². The molecule has 0 radical (unpaired) electrons. The van der Waals surface area contributed by atoms with Crippen LogP contribution in [0.25, 0.3) is 16.5 Å². The zero-order valence-electron chi connectivity index (χ0n) is 18.9. The van der Waals surface area contributed by atoms with E-state index in [1.807, 2.05) is 13.8 Å².